The number of imide groups is 1. The minimum absolute atomic E-state index is 0.167. The van der Waals surface area contributed by atoms with Gasteiger partial charge in [-0.2, -0.15) is 5.10 Å². The standard InChI is InChI=1S/C23H21N5O3/c29-21-9-8-20(22(30)26-21)27-14-16-12-17(6-7-18(16)23(27)31)24-13-15-4-1-2-5-19(15)28-11-3-10-25-28/h1-7,10-12,20,24H,8-9,13-14H2,(H,26,29,30). The fraction of sp³-hybridized carbons (Fsp3) is 0.217. The lowest BCUT2D eigenvalue weighted by Crippen LogP contribution is -2.52. The Morgan fingerprint density at radius 1 is 1.10 bits per heavy atom. The van der Waals surface area contributed by atoms with E-state index < -0.39 is 11.9 Å². The summed E-state index contributed by atoms with van der Waals surface area (Å²) in [6.45, 7) is 0.958. The van der Waals surface area contributed by atoms with Crippen molar-refractivity contribution < 1.29 is 14.4 Å². The Hall–Kier alpha value is -3.94. The number of piperidine rings is 1. The Bertz CT molecular complexity index is 1170. The number of carbonyl (C=O) groups excluding carboxylic acids is 3. The molecule has 3 aromatic rings. The first-order valence-electron chi connectivity index (χ1n) is 10.2. The average Bonchev–Trinajstić information content (AvgIpc) is 3.41. The predicted octanol–water partition coefficient (Wildman–Crippen LogP) is 2.25. The molecule has 3 amide bonds. The molecule has 1 unspecified atom stereocenters. The van der Waals surface area contributed by atoms with Crippen LogP contribution >= 0.6 is 0 Å². The predicted molar refractivity (Wildman–Crippen MR) is 113 cm³/mol. The molecule has 8 heteroatoms. The average molecular weight is 415 g/mol. The zero-order valence-corrected chi connectivity index (χ0v) is 16.7. The molecule has 8 nitrogen and oxygen atoms in total. The van der Waals surface area contributed by atoms with E-state index in [9.17, 15) is 14.4 Å². The Labute approximate surface area is 178 Å². The molecule has 5 rings (SSSR count). The zero-order chi connectivity index (χ0) is 21.4. The van der Waals surface area contributed by atoms with Crippen molar-refractivity contribution in [2.24, 2.45) is 0 Å². The SMILES string of the molecule is O=C1CCC(N2Cc3cc(NCc4ccccc4-n4cccn4)ccc3C2=O)C(=O)N1. The van der Waals surface area contributed by atoms with Gasteiger partial charge in [-0.15, -0.1) is 0 Å². The lowest BCUT2D eigenvalue weighted by atomic mass is 10.0. The summed E-state index contributed by atoms with van der Waals surface area (Å²) in [6.07, 6.45) is 4.26. The van der Waals surface area contributed by atoms with Gasteiger partial charge in [0.15, 0.2) is 0 Å². The van der Waals surface area contributed by atoms with E-state index >= 15 is 0 Å². The fourth-order valence-corrected chi connectivity index (χ4v) is 4.18. The van der Waals surface area contributed by atoms with Crippen LogP contribution in [0.5, 0.6) is 0 Å². The quantitative estimate of drug-likeness (QED) is 0.623. The molecule has 0 radical (unpaired) electrons. The second-order valence-corrected chi connectivity index (χ2v) is 7.70. The van der Waals surface area contributed by atoms with E-state index in [0.717, 1.165) is 22.5 Å². The number of hydrogen-bond acceptors (Lipinski definition) is 5. The number of carbonyl (C=O) groups is 3. The number of nitrogens with one attached hydrogen (secondary N) is 2. The maximum Gasteiger partial charge on any atom is 0.255 e. The van der Waals surface area contributed by atoms with Gasteiger partial charge in [-0.1, -0.05) is 18.2 Å². The second-order valence-electron chi connectivity index (χ2n) is 7.70. The van der Waals surface area contributed by atoms with E-state index in [0.29, 0.717) is 25.1 Å². The Balaban J connectivity index is 1.32. The van der Waals surface area contributed by atoms with E-state index in [-0.39, 0.29) is 18.2 Å². The van der Waals surface area contributed by atoms with Crippen molar-refractivity contribution in [2.75, 3.05) is 5.32 Å². The maximum atomic E-state index is 12.8. The summed E-state index contributed by atoms with van der Waals surface area (Å²) in [5, 5.41) is 10.1. The van der Waals surface area contributed by atoms with Gasteiger partial charge >= 0.3 is 0 Å². The number of benzene rings is 2. The molecular formula is C23H21N5O3. The van der Waals surface area contributed by atoms with Crippen LogP contribution in [0.15, 0.2) is 60.9 Å². The highest BCUT2D eigenvalue weighted by Crippen LogP contribution is 2.29. The monoisotopic (exact) mass is 415 g/mol. The van der Waals surface area contributed by atoms with Gasteiger partial charge in [0.05, 0.1) is 5.69 Å². The third-order valence-corrected chi connectivity index (χ3v) is 5.75. The van der Waals surface area contributed by atoms with Crippen LogP contribution in [0, 0.1) is 0 Å². The second kappa shape index (κ2) is 7.71. The van der Waals surface area contributed by atoms with Crippen LogP contribution < -0.4 is 10.6 Å². The smallest absolute Gasteiger partial charge is 0.255 e. The molecule has 31 heavy (non-hydrogen) atoms. The molecule has 156 valence electrons. The van der Waals surface area contributed by atoms with Gasteiger partial charge in [-0.05, 0) is 47.9 Å². The van der Waals surface area contributed by atoms with E-state index in [1.165, 1.54) is 0 Å². The van der Waals surface area contributed by atoms with Crippen LogP contribution in [0.3, 0.4) is 0 Å². The molecule has 3 heterocycles. The van der Waals surface area contributed by atoms with Gasteiger partial charge in [0.25, 0.3) is 5.91 Å². The first-order valence-corrected chi connectivity index (χ1v) is 10.2. The molecule has 1 atom stereocenters. The maximum absolute atomic E-state index is 12.8. The van der Waals surface area contributed by atoms with E-state index in [4.69, 9.17) is 0 Å². The van der Waals surface area contributed by atoms with E-state index in [1.807, 2.05) is 53.3 Å². The van der Waals surface area contributed by atoms with Crippen LogP contribution in [-0.4, -0.2) is 38.4 Å². The van der Waals surface area contributed by atoms with Crippen LogP contribution in [0.2, 0.25) is 0 Å². The number of amides is 3. The van der Waals surface area contributed by atoms with Crippen molar-refractivity contribution in [3.63, 3.8) is 0 Å². The highest BCUT2D eigenvalue weighted by molar-refractivity contribution is 6.05. The highest BCUT2D eigenvalue weighted by Gasteiger charge is 2.39. The van der Waals surface area contributed by atoms with Crippen molar-refractivity contribution in [3.05, 3.63) is 77.6 Å². The topological polar surface area (TPSA) is 96.3 Å². The van der Waals surface area contributed by atoms with Gasteiger partial charge in [-0.25, -0.2) is 4.68 Å². The van der Waals surface area contributed by atoms with Gasteiger partial charge in [-0.3, -0.25) is 19.7 Å². The number of para-hydroxylation sites is 1. The van der Waals surface area contributed by atoms with E-state index in [1.54, 1.807) is 17.2 Å². The molecular weight excluding hydrogens is 394 g/mol. The fourth-order valence-electron chi connectivity index (χ4n) is 4.18. The van der Waals surface area contributed by atoms with Gasteiger partial charge in [0.1, 0.15) is 6.04 Å². The molecule has 2 aliphatic rings. The normalized spacial score (nSPS) is 18.1. The van der Waals surface area contributed by atoms with E-state index in [2.05, 4.69) is 15.7 Å². The van der Waals surface area contributed by atoms with Crippen molar-refractivity contribution in [2.45, 2.75) is 32.0 Å². The number of fused-ring (bicyclic) bond motifs is 1. The van der Waals surface area contributed by atoms with Crippen LogP contribution in [0.4, 0.5) is 5.69 Å². The molecule has 0 saturated carbocycles. The summed E-state index contributed by atoms with van der Waals surface area (Å²) >= 11 is 0. The lowest BCUT2D eigenvalue weighted by molar-refractivity contribution is -0.136. The minimum atomic E-state index is -0.602. The van der Waals surface area contributed by atoms with Gasteiger partial charge in [0, 0.05) is 43.2 Å². The van der Waals surface area contributed by atoms with Crippen molar-refractivity contribution in [3.8, 4) is 5.69 Å². The molecule has 0 spiro atoms. The molecule has 0 bridgehead atoms. The van der Waals surface area contributed by atoms with Crippen LogP contribution in [0.1, 0.15) is 34.3 Å². The van der Waals surface area contributed by atoms with Crippen LogP contribution in [-0.2, 0) is 22.7 Å². The van der Waals surface area contributed by atoms with Gasteiger partial charge in [0.2, 0.25) is 11.8 Å². The summed E-state index contributed by atoms with van der Waals surface area (Å²) in [6, 6.07) is 14.9. The molecule has 2 N–H and O–H groups in total. The minimum Gasteiger partial charge on any atom is -0.381 e. The molecule has 1 saturated heterocycles. The summed E-state index contributed by atoms with van der Waals surface area (Å²) < 4.78 is 1.83. The molecule has 0 aliphatic carbocycles. The van der Waals surface area contributed by atoms with Gasteiger partial charge < -0.3 is 10.2 Å². The van der Waals surface area contributed by atoms with Crippen molar-refractivity contribution >= 4 is 23.4 Å². The Kier molecular flexibility index (Phi) is 4.74. The lowest BCUT2D eigenvalue weighted by Gasteiger charge is -2.29. The highest BCUT2D eigenvalue weighted by atomic mass is 16.2. The third-order valence-electron chi connectivity index (χ3n) is 5.75. The van der Waals surface area contributed by atoms with Crippen molar-refractivity contribution in [1.29, 1.82) is 0 Å². The number of aromatic nitrogens is 2. The molecule has 1 aromatic heterocycles. The molecule has 1 fully saturated rings. The number of nitrogens with zero attached hydrogens (tertiary/aromatic N) is 3. The molecule has 2 aliphatic heterocycles. The van der Waals surface area contributed by atoms with Crippen molar-refractivity contribution in [1.82, 2.24) is 20.0 Å². The number of rotatable bonds is 5. The summed E-state index contributed by atoms with van der Waals surface area (Å²) in [5.41, 5.74) is 4.47. The summed E-state index contributed by atoms with van der Waals surface area (Å²) in [5.74, 6) is -0.849. The largest absolute Gasteiger partial charge is 0.381 e. The number of anilines is 1. The third kappa shape index (κ3) is 3.56. The summed E-state index contributed by atoms with van der Waals surface area (Å²) in [7, 11) is 0. The Morgan fingerprint density at radius 3 is 2.77 bits per heavy atom. The summed E-state index contributed by atoms with van der Waals surface area (Å²) in [4.78, 5) is 38.0. The molecule has 2 aromatic carbocycles. The Morgan fingerprint density at radius 2 is 1.97 bits per heavy atom. The van der Waals surface area contributed by atoms with Crippen LogP contribution in [0.25, 0.3) is 5.69 Å². The first kappa shape index (κ1) is 19.0. The number of hydrogen-bond donors (Lipinski definition) is 2. The zero-order valence-electron chi connectivity index (χ0n) is 16.7. The first-order chi connectivity index (χ1) is 15.1.